The fourth-order valence-corrected chi connectivity index (χ4v) is 7.19. The Labute approximate surface area is 217 Å². The highest BCUT2D eigenvalue weighted by Crippen LogP contribution is 2.65. The first-order valence-electron chi connectivity index (χ1n) is 12.8. The van der Waals surface area contributed by atoms with Crippen LogP contribution in [0.3, 0.4) is 0 Å². The predicted octanol–water partition coefficient (Wildman–Crippen LogP) is 4.86. The maximum Gasteiger partial charge on any atom is 0.203 e. The highest BCUT2D eigenvalue weighted by Gasteiger charge is 2.72. The number of hydrogen-bond donors (Lipinski definition) is 4. The molecule has 1 unspecified atom stereocenters. The van der Waals surface area contributed by atoms with Gasteiger partial charge in [-0.05, 0) is 48.8 Å². The molecule has 7 heteroatoms. The molecule has 3 aliphatic carbocycles. The Morgan fingerprint density at radius 2 is 1.70 bits per heavy atom. The molecule has 1 saturated carbocycles. The Kier molecular flexibility index (Phi) is 6.11. The SMILES string of the molecule is CC(=O)C1=C(O)[C@]2(O)C(=O)C3=C(O)c4c(O)ccc(/C=C/C(C)C)c4C[C@]3(C)C[C@]2(C)C(C(C)C)C1=O. The maximum atomic E-state index is 14.2. The number of aliphatic hydroxyl groups is 3. The molecule has 7 nitrogen and oxygen atoms in total. The third-order valence-electron chi connectivity index (χ3n) is 8.59. The Hall–Kier alpha value is -3.19. The van der Waals surface area contributed by atoms with Crippen LogP contribution in [0.15, 0.2) is 35.1 Å². The molecule has 37 heavy (non-hydrogen) atoms. The number of benzene rings is 1. The van der Waals surface area contributed by atoms with Crippen LogP contribution in [0.2, 0.25) is 0 Å². The number of Topliss-reactive ketones (excluding diaryl/α,β-unsaturated/α-hetero) is 3. The van der Waals surface area contributed by atoms with Crippen LogP contribution < -0.4 is 0 Å². The van der Waals surface area contributed by atoms with Gasteiger partial charge in [-0.2, -0.15) is 0 Å². The van der Waals surface area contributed by atoms with Gasteiger partial charge in [0.1, 0.15) is 22.8 Å². The van der Waals surface area contributed by atoms with E-state index in [0.29, 0.717) is 5.56 Å². The third kappa shape index (κ3) is 3.46. The van der Waals surface area contributed by atoms with Crippen LogP contribution in [0.25, 0.3) is 11.8 Å². The fourth-order valence-electron chi connectivity index (χ4n) is 7.19. The molecule has 0 aliphatic heterocycles. The number of aromatic hydroxyl groups is 1. The largest absolute Gasteiger partial charge is 0.508 e. The summed E-state index contributed by atoms with van der Waals surface area (Å²) >= 11 is 0. The smallest absolute Gasteiger partial charge is 0.203 e. The summed E-state index contributed by atoms with van der Waals surface area (Å²) in [6.07, 6.45) is 4.25. The lowest BCUT2D eigenvalue weighted by molar-refractivity contribution is -0.178. The number of aliphatic hydroxyl groups excluding tert-OH is 2. The van der Waals surface area contributed by atoms with Crippen molar-refractivity contribution in [2.75, 3.05) is 0 Å². The molecule has 0 saturated heterocycles. The monoisotopic (exact) mass is 508 g/mol. The molecule has 4 atom stereocenters. The number of hydrogen-bond acceptors (Lipinski definition) is 7. The van der Waals surface area contributed by atoms with E-state index in [4.69, 9.17) is 0 Å². The highest BCUT2D eigenvalue weighted by atomic mass is 16.3. The lowest BCUT2D eigenvalue weighted by Crippen LogP contribution is -2.69. The third-order valence-corrected chi connectivity index (χ3v) is 8.59. The second-order valence-electron chi connectivity index (χ2n) is 12.1. The summed E-state index contributed by atoms with van der Waals surface area (Å²) < 4.78 is 0. The Morgan fingerprint density at radius 1 is 1.08 bits per heavy atom. The quantitative estimate of drug-likeness (QED) is 0.427. The summed E-state index contributed by atoms with van der Waals surface area (Å²) in [6.45, 7) is 12.2. The van der Waals surface area contributed by atoms with Crippen molar-refractivity contribution in [2.45, 2.75) is 66.9 Å². The van der Waals surface area contributed by atoms with E-state index in [1.165, 1.54) is 6.07 Å². The van der Waals surface area contributed by atoms with Gasteiger partial charge >= 0.3 is 0 Å². The average Bonchev–Trinajstić information content (AvgIpc) is 2.75. The van der Waals surface area contributed by atoms with E-state index in [2.05, 4.69) is 0 Å². The lowest BCUT2D eigenvalue weighted by atomic mass is 9.43. The number of phenols is 1. The van der Waals surface area contributed by atoms with Gasteiger partial charge in [-0.3, -0.25) is 14.4 Å². The summed E-state index contributed by atoms with van der Waals surface area (Å²) in [6, 6.07) is 3.20. The number of ketones is 3. The molecule has 0 heterocycles. The van der Waals surface area contributed by atoms with Crippen LogP contribution in [0.4, 0.5) is 0 Å². The number of carbonyl (C=O) groups excluding carboxylic acids is 3. The van der Waals surface area contributed by atoms with E-state index in [1.807, 2.05) is 26.0 Å². The molecule has 1 fully saturated rings. The van der Waals surface area contributed by atoms with Gasteiger partial charge in [0.05, 0.1) is 5.56 Å². The van der Waals surface area contributed by atoms with Crippen molar-refractivity contribution < 1.29 is 34.8 Å². The summed E-state index contributed by atoms with van der Waals surface area (Å²) in [5, 5.41) is 45.4. The number of allylic oxidation sites excluding steroid dienone is 2. The van der Waals surface area contributed by atoms with Crippen molar-refractivity contribution in [3.8, 4) is 5.75 Å². The van der Waals surface area contributed by atoms with Gasteiger partial charge in [0, 0.05) is 22.3 Å². The molecule has 0 radical (unpaired) electrons. The highest BCUT2D eigenvalue weighted by molar-refractivity contribution is 6.24. The van der Waals surface area contributed by atoms with E-state index in [-0.39, 0.29) is 41.6 Å². The molecule has 0 bridgehead atoms. The molecule has 0 aromatic heterocycles. The van der Waals surface area contributed by atoms with Crippen molar-refractivity contribution in [1.29, 1.82) is 0 Å². The van der Waals surface area contributed by atoms with E-state index in [1.54, 1.807) is 33.8 Å². The number of carbonyl (C=O) groups is 3. The molecule has 0 amide bonds. The van der Waals surface area contributed by atoms with E-state index in [0.717, 1.165) is 12.5 Å². The van der Waals surface area contributed by atoms with Crippen LogP contribution in [0.1, 0.15) is 71.6 Å². The topological polar surface area (TPSA) is 132 Å². The van der Waals surface area contributed by atoms with E-state index >= 15 is 0 Å². The summed E-state index contributed by atoms with van der Waals surface area (Å²) in [4.78, 5) is 40.2. The standard InChI is InChI=1S/C30H36O7/c1-14(2)8-9-17-10-11-19(32)21-18(17)12-28(6)13-29(7)22(15(3)4)24(33)20(16(5)31)26(35)30(29,37)27(36)23(28)25(21)34/h8-11,14-15,22,32,34-35,37H,12-13H2,1-7H3/b9-8+/t22?,28-,29-,30+/m1/s1. The molecule has 1 aromatic carbocycles. The van der Waals surface area contributed by atoms with E-state index in [9.17, 15) is 34.8 Å². The minimum absolute atomic E-state index is 0.0773. The van der Waals surface area contributed by atoms with E-state index < -0.39 is 56.8 Å². The zero-order valence-corrected chi connectivity index (χ0v) is 22.5. The van der Waals surface area contributed by atoms with Gasteiger partial charge in [0.15, 0.2) is 17.2 Å². The molecule has 0 spiro atoms. The Morgan fingerprint density at radius 3 is 2.24 bits per heavy atom. The number of fused-ring (bicyclic) bond motifs is 3. The fraction of sp³-hybridized carbons (Fsp3) is 0.500. The van der Waals surface area contributed by atoms with Crippen LogP contribution in [0, 0.1) is 28.6 Å². The van der Waals surface area contributed by atoms with Crippen LogP contribution >= 0.6 is 0 Å². The first-order chi connectivity index (χ1) is 17.0. The Balaban J connectivity index is 2.06. The first kappa shape index (κ1) is 26.9. The van der Waals surface area contributed by atoms with Crippen molar-refractivity contribution in [2.24, 2.45) is 28.6 Å². The number of rotatable bonds is 4. The molecule has 4 N–H and O–H groups in total. The Bertz CT molecular complexity index is 1330. The second-order valence-corrected chi connectivity index (χ2v) is 12.1. The summed E-state index contributed by atoms with van der Waals surface area (Å²) in [5.41, 5.74) is -4.21. The first-order valence-corrected chi connectivity index (χ1v) is 12.8. The molecular weight excluding hydrogens is 472 g/mol. The van der Waals surface area contributed by atoms with Gasteiger partial charge in [-0.25, -0.2) is 0 Å². The molecular formula is C30H36O7. The average molecular weight is 509 g/mol. The van der Waals surface area contributed by atoms with Gasteiger partial charge in [-0.1, -0.05) is 59.8 Å². The maximum absolute atomic E-state index is 14.2. The van der Waals surface area contributed by atoms with Gasteiger partial charge in [0.25, 0.3) is 0 Å². The predicted molar refractivity (Wildman–Crippen MR) is 140 cm³/mol. The van der Waals surface area contributed by atoms with Crippen molar-refractivity contribution in [3.63, 3.8) is 0 Å². The minimum atomic E-state index is -2.60. The summed E-state index contributed by atoms with van der Waals surface area (Å²) in [5.74, 6) is -4.93. The van der Waals surface area contributed by atoms with Gasteiger partial charge < -0.3 is 20.4 Å². The second kappa shape index (κ2) is 8.42. The summed E-state index contributed by atoms with van der Waals surface area (Å²) in [7, 11) is 0. The normalized spacial score (nSPS) is 31.8. The molecule has 3 aliphatic rings. The van der Waals surface area contributed by atoms with Crippen molar-refractivity contribution in [3.05, 3.63) is 51.8 Å². The minimum Gasteiger partial charge on any atom is -0.508 e. The van der Waals surface area contributed by atoms with Crippen LogP contribution in [0.5, 0.6) is 5.75 Å². The molecule has 4 rings (SSSR count). The molecule has 1 aromatic rings. The van der Waals surface area contributed by atoms with Gasteiger partial charge in [0.2, 0.25) is 5.78 Å². The van der Waals surface area contributed by atoms with Crippen LogP contribution in [-0.4, -0.2) is 43.4 Å². The lowest BCUT2D eigenvalue weighted by Gasteiger charge is -2.59. The molecule has 198 valence electrons. The van der Waals surface area contributed by atoms with Gasteiger partial charge in [-0.15, -0.1) is 0 Å². The van der Waals surface area contributed by atoms with Crippen LogP contribution in [-0.2, 0) is 20.8 Å². The zero-order chi connectivity index (χ0) is 27.8. The zero-order valence-electron chi connectivity index (χ0n) is 22.5. The van der Waals surface area contributed by atoms with Crippen molar-refractivity contribution in [1.82, 2.24) is 0 Å². The van der Waals surface area contributed by atoms with Crippen molar-refractivity contribution >= 4 is 29.2 Å². The number of phenolic OH excluding ortho intramolecular Hbond substituents is 1.